The zero-order valence-corrected chi connectivity index (χ0v) is 9.78. The third-order valence-corrected chi connectivity index (χ3v) is 2.62. The van der Waals surface area contributed by atoms with Gasteiger partial charge in [0.25, 0.3) is 0 Å². The first kappa shape index (κ1) is 11.4. The average molecular weight is 249 g/mol. The second kappa shape index (κ2) is 4.40. The van der Waals surface area contributed by atoms with Gasteiger partial charge in [0.05, 0.1) is 7.11 Å². The van der Waals surface area contributed by atoms with E-state index in [-0.39, 0.29) is 11.4 Å². The van der Waals surface area contributed by atoms with Gasteiger partial charge in [0.2, 0.25) is 5.88 Å². The maximum Gasteiger partial charge on any atom is 0.208 e. The highest BCUT2D eigenvalue weighted by molar-refractivity contribution is 6.31. The van der Waals surface area contributed by atoms with Crippen LogP contribution in [0.3, 0.4) is 0 Å². The fourth-order valence-corrected chi connectivity index (χ4v) is 1.75. The van der Waals surface area contributed by atoms with E-state index in [4.69, 9.17) is 31.8 Å². The van der Waals surface area contributed by atoms with Crippen molar-refractivity contribution in [3.8, 4) is 22.9 Å². The molecule has 0 amide bonds. The SMILES string of the molecule is COc1ccc(Cl)cc1-c1coc(N)c1C#N. The second-order valence-electron chi connectivity index (χ2n) is 3.35. The number of nitrogens with zero attached hydrogens (tertiary/aromatic N) is 1. The molecule has 0 aliphatic rings. The van der Waals surface area contributed by atoms with Gasteiger partial charge in [-0.05, 0) is 18.2 Å². The maximum absolute atomic E-state index is 9.02. The van der Waals surface area contributed by atoms with Gasteiger partial charge in [-0.1, -0.05) is 11.6 Å². The Morgan fingerprint density at radius 3 is 2.82 bits per heavy atom. The Balaban J connectivity index is 2.68. The van der Waals surface area contributed by atoms with Crippen molar-refractivity contribution in [3.05, 3.63) is 35.0 Å². The molecule has 2 aromatic rings. The van der Waals surface area contributed by atoms with Gasteiger partial charge in [-0.2, -0.15) is 5.26 Å². The molecule has 0 spiro atoms. The van der Waals surface area contributed by atoms with Gasteiger partial charge in [-0.3, -0.25) is 0 Å². The summed E-state index contributed by atoms with van der Waals surface area (Å²) in [5, 5.41) is 9.56. The molecule has 0 bridgehead atoms. The van der Waals surface area contributed by atoms with E-state index in [1.807, 2.05) is 6.07 Å². The van der Waals surface area contributed by atoms with Crippen LogP contribution in [0.2, 0.25) is 5.02 Å². The van der Waals surface area contributed by atoms with Gasteiger partial charge < -0.3 is 14.9 Å². The van der Waals surface area contributed by atoms with E-state index in [0.717, 1.165) is 0 Å². The smallest absolute Gasteiger partial charge is 0.208 e. The molecule has 0 unspecified atom stereocenters. The van der Waals surface area contributed by atoms with Crippen molar-refractivity contribution in [2.45, 2.75) is 0 Å². The highest BCUT2D eigenvalue weighted by atomic mass is 35.5. The fraction of sp³-hybridized carbons (Fsp3) is 0.0833. The molecule has 2 rings (SSSR count). The molecule has 0 aliphatic heterocycles. The van der Waals surface area contributed by atoms with Crippen molar-refractivity contribution in [1.82, 2.24) is 0 Å². The molecule has 4 nitrogen and oxygen atoms in total. The van der Waals surface area contributed by atoms with Crippen LogP contribution in [-0.2, 0) is 0 Å². The van der Waals surface area contributed by atoms with Gasteiger partial charge in [0, 0.05) is 16.1 Å². The first-order valence-corrected chi connectivity index (χ1v) is 5.16. The largest absolute Gasteiger partial charge is 0.496 e. The molecule has 0 saturated carbocycles. The van der Waals surface area contributed by atoms with Crippen molar-refractivity contribution in [2.24, 2.45) is 0 Å². The van der Waals surface area contributed by atoms with E-state index in [9.17, 15) is 0 Å². The Kier molecular flexibility index (Phi) is 2.94. The van der Waals surface area contributed by atoms with E-state index < -0.39 is 0 Å². The van der Waals surface area contributed by atoms with E-state index in [0.29, 0.717) is 21.9 Å². The number of furan rings is 1. The summed E-state index contributed by atoms with van der Waals surface area (Å²) in [6, 6.07) is 7.13. The third kappa shape index (κ3) is 1.93. The first-order chi connectivity index (χ1) is 8.17. The van der Waals surface area contributed by atoms with Gasteiger partial charge in [0.1, 0.15) is 23.6 Å². The Hall–Kier alpha value is -2.12. The Morgan fingerprint density at radius 1 is 1.41 bits per heavy atom. The van der Waals surface area contributed by atoms with Gasteiger partial charge in [-0.25, -0.2) is 0 Å². The predicted molar refractivity (Wildman–Crippen MR) is 64.8 cm³/mol. The van der Waals surface area contributed by atoms with E-state index in [1.165, 1.54) is 6.26 Å². The molecule has 0 fully saturated rings. The lowest BCUT2D eigenvalue weighted by Crippen LogP contribution is -1.90. The number of rotatable bonds is 2. The van der Waals surface area contributed by atoms with Crippen LogP contribution in [0, 0.1) is 11.3 Å². The zero-order valence-electron chi connectivity index (χ0n) is 9.03. The highest BCUT2D eigenvalue weighted by Gasteiger charge is 2.16. The normalized spacial score (nSPS) is 9.94. The van der Waals surface area contributed by atoms with Gasteiger partial charge in [0.15, 0.2) is 0 Å². The molecular weight excluding hydrogens is 240 g/mol. The summed E-state index contributed by atoms with van der Waals surface area (Å²) in [7, 11) is 1.54. The summed E-state index contributed by atoms with van der Waals surface area (Å²) in [5.74, 6) is 0.691. The van der Waals surface area contributed by atoms with Crippen LogP contribution in [-0.4, -0.2) is 7.11 Å². The minimum absolute atomic E-state index is 0.0875. The van der Waals surface area contributed by atoms with Crippen LogP contribution in [0.25, 0.3) is 11.1 Å². The molecule has 86 valence electrons. The number of nitrogen functional groups attached to an aromatic ring is 1. The van der Waals surface area contributed by atoms with E-state index in [1.54, 1.807) is 25.3 Å². The summed E-state index contributed by atoms with van der Waals surface area (Å²) in [6.45, 7) is 0. The number of benzene rings is 1. The lowest BCUT2D eigenvalue weighted by atomic mass is 10.0. The number of methoxy groups -OCH3 is 1. The first-order valence-electron chi connectivity index (χ1n) is 4.78. The van der Waals surface area contributed by atoms with Crippen LogP contribution in [0.4, 0.5) is 5.88 Å². The molecule has 17 heavy (non-hydrogen) atoms. The Bertz CT molecular complexity index is 599. The minimum Gasteiger partial charge on any atom is -0.496 e. The monoisotopic (exact) mass is 248 g/mol. The second-order valence-corrected chi connectivity index (χ2v) is 3.78. The number of nitrogens with two attached hydrogens (primary N) is 1. The highest BCUT2D eigenvalue weighted by Crippen LogP contribution is 2.37. The standard InChI is InChI=1S/C12H9ClN2O2/c1-16-11-3-2-7(13)4-8(11)10-6-17-12(15)9(10)5-14/h2-4,6H,15H2,1H3. The lowest BCUT2D eigenvalue weighted by molar-refractivity contribution is 0.416. The number of ether oxygens (including phenoxy) is 1. The number of anilines is 1. The van der Waals surface area contributed by atoms with Crippen LogP contribution in [0.15, 0.2) is 28.9 Å². The van der Waals surface area contributed by atoms with Crippen LogP contribution >= 0.6 is 11.6 Å². The molecule has 0 aliphatic carbocycles. The zero-order chi connectivity index (χ0) is 12.4. The molecule has 1 heterocycles. The quantitative estimate of drug-likeness (QED) is 0.887. The van der Waals surface area contributed by atoms with Gasteiger partial charge in [-0.15, -0.1) is 0 Å². The predicted octanol–water partition coefficient (Wildman–Crippen LogP) is 3.06. The number of hydrogen-bond acceptors (Lipinski definition) is 4. The summed E-state index contributed by atoms with van der Waals surface area (Å²) >= 11 is 5.93. The molecule has 0 atom stereocenters. The van der Waals surface area contributed by atoms with Crippen LogP contribution in [0.5, 0.6) is 5.75 Å². The Labute approximate surface area is 103 Å². The van der Waals surface area contributed by atoms with Gasteiger partial charge >= 0.3 is 0 Å². The Morgan fingerprint density at radius 2 is 2.18 bits per heavy atom. The van der Waals surface area contributed by atoms with E-state index in [2.05, 4.69) is 0 Å². The number of hydrogen-bond donors (Lipinski definition) is 1. The molecule has 0 radical (unpaired) electrons. The maximum atomic E-state index is 9.02. The summed E-state index contributed by atoms with van der Waals surface area (Å²) in [4.78, 5) is 0. The van der Waals surface area contributed by atoms with Crippen molar-refractivity contribution in [2.75, 3.05) is 12.8 Å². The van der Waals surface area contributed by atoms with Crippen molar-refractivity contribution in [3.63, 3.8) is 0 Å². The number of nitriles is 1. The molecule has 5 heteroatoms. The fourth-order valence-electron chi connectivity index (χ4n) is 1.58. The lowest BCUT2D eigenvalue weighted by Gasteiger charge is -2.07. The number of halogens is 1. The van der Waals surface area contributed by atoms with Crippen LogP contribution in [0.1, 0.15) is 5.56 Å². The third-order valence-electron chi connectivity index (χ3n) is 2.38. The summed E-state index contributed by atoms with van der Waals surface area (Å²) < 4.78 is 10.2. The van der Waals surface area contributed by atoms with Crippen molar-refractivity contribution in [1.29, 1.82) is 5.26 Å². The van der Waals surface area contributed by atoms with Crippen LogP contribution < -0.4 is 10.5 Å². The topological polar surface area (TPSA) is 72.2 Å². The van der Waals surface area contributed by atoms with E-state index >= 15 is 0 Å². The minimum atomic E-state index is 0.0875. The van der Waals surface area contributed by atoms with Crippen molar-refractivity contribution >= 4 is 17.5 Å². The summed E-state index contributed by atoms with van der Waals surface area (Å²) in [5.41, 5.74) is 7.09. The molecule has 1 aromatic carbocycles. The molecular formula is C12H9ClN2O2. The van der Waals surface area contributed by atoms with Crippen molar-refractivity contribution < 1.29 is 9.15 Å². The molecule has 2 N–H and O–H groups in total. The average Bonchev–Trinajstić information content (AvgIpc) is 2.70. The molecule has 0 saturated heterocycles. The molecule has 1 aromatic heterocycles. The summed E-state index contributed by atoms with van der Waals surface area (Å²) in [6.07, 6.45) is 1.42.